The highest BCUT2D eigenvalue weighted by atomic mass is 28.3. The van der Waals surface area contributed by atoms with Gasteiger partial charge in [-0.05, 0) is 23.7 Å². The minimum absolute atomic E-state index is 0.183. The Bertz CT molecular complexity index is 863. The summed E-state index contributed by atoms with van der Waals surface area (Å²) in [4.78, 5) is 18.1. The summed E-state index contributed by atoms with van der Waals surface area (Å²) in [7, 11) is 0.321. The third-order valence-corrected chi connectivity index (χ3v) is 7.19. The normalized spacial score (nSPS) is 24.1. The first kappa shape index (κ1) is 24.4. The predicted molar refractivity (Wildman–Crippen MR) is 118 cm³/mol. The topological polar surface area (TPSA) is 88.4 Å². The first-order valence-corrected chi connectivity index (χ1v) is 14.3. The largest absolute Gasteiger partial charge is 0.378 e. The van der Waals surface area contributed by atoms with Crippen LogP contribution < -0.4 is 5.32 Å². The molecule has 1 aromatic rings. The third-order valence-electron chi connectivity index (χ3n) is 5.49. The van der Waals surface area contributed by atoms with Gasteiger partial charge in [0.1, 0.15) is 12.6 Å². The van der Waals surface area contributed by atoms with Gasteiger partial charge in [-0.1, -0.05) is 19.6 Å². The summed E-state index contributed by atoms with van der Waals surface area (Å²) in [6, 6.07) is 0.874. The fourth-order valence-electron chi connectivity index (χ4n) is 3.45. The van der Waals surface area contributed by atoms with Crippen molar-refractivity contribution in [2.24, 2.45) is 10.2 Å². The number of hydrogen-bond donors (Lipinski definition) is 1. The highest BCUT2D eigenvalue weighted by molar-refractivity contribution is 6.76. The number of nitrogens with zero attached hydrogens (tertiary/aromatic N) is 4. The van der Waals surface area contributed by atoms with Crippen LogP contribution in [0.15, 0.2) is 41.0 Å². The number of alkyl halides is 2. The number of hydrogen-bond acceptors (Lipinski definition) is 6. The molecule has 2 atom stereocenters. The maximum atomic E-state index is 13.8. The maximum absolute atomic E-state index is 13.8. The van der Waals surface area contributed by atoms with Gasteiger partial charge in [-0.15, -0.1) is 0 Å². The molecule has 2 amide bonds. The van der Waals surface area contributed by atoms with E-state index in [0.717, 1.165) is 17.2 Å². The Morgan fingerprint density at radius 1 is 1.41 bits per heavy atom. The van der Waals surface area contributed by atoms with Crippen LogP contribution in [0.3, 0.4) is 0 Å². The van der Waals surface area contributed by atoms with Crippen LogP contribution in [0.5, 0.6) is 0 Å². The van der Waals surface area contributed by atoms with Gasteiger partial charge in [0.05, 0.1) is 13.2 Å². The van der Waals surface area contributed by atoms with Crippen molar-refractivity contribution >= 4 is 14.1 Å². The molecule has 176 valence electrons. The second kappa shape index (κ2) is 9.71. The zero-order valence-corrected chi connectivity index (χ0v) is 20.0. The van der Waals surface area contributed by atoms with Crippen LogP contribution in [0.25, 0.3) is 0 Å². The number of azo groups is 1. The van der Waals surface area contributed by atoms with Crippen LogP contribution in [0, 0.1) is 0 Å². The number of nitrogens with one attached hydrogen (secondary N) is 1. The van der Waals surface area contributed by atoms with Crippen molar-refractivity contribution in [1.29, 1.82) is 0 Å². The lowest BCUT2D eigenvalue weighted by Gasteiger charge is -2.28. The second-order valence-electron chi connectivity index (χ2n) is 9.49. The van der Waals surface area contributed by atoms with E-state index >= 15 is 0 Å². The van der Waals surface area contributed by atoms with Gasteiger partial charge < -0.3 is 19.7 Å². The van der Waals surface area contributed by atoms with Crippen molar-refractivity contribution in [3.05, 3.63) is 41.9 Å². The lowest BCUT2D eigenvalue weighted by molar-refractivity contribution is -0.0222. The van der Waals surface area contributed by atoms with Crippen molar-refractivity contribution in [2.45, 2.75) is 49.7 Å². The highest BCUT2D eigenvalue weighted by Crippen LogP contribution is 2.35. The number of pyridine rings is 1. The van der Waals surface area contributed by atoms with Gasteiger partial charge in [0, 0.05) is 52.4 Å². The second-order valence-corrected chi connectivity index (χ2v) is 15.1. The summed E-state index contributed by atoms with van der Waals surface area (Å²) in [5.74, 6) is -3.08. The first-order chi connectivity index (χ1) is 15.0. The molecule has 2 aliphatic rings. The van der Waals surface area contributed by atoms with Gasteiger partial charge in [0.2, 0.25) is 0 Å². The Morgan fingerprint density at radius 3 is 2.81 bits per heavy atom. The molecule has 32 heavy (non-hydrogen) atoms. The molecule has 1 N–H and O–H groups in total. The number of halogens is 2. The third kappa shape index (κ3) is 5.96. The Labute approximate surface area is 188 Å². The molecule has 3 rings (SSSR count). The number of carbonyl (C=O) groups is 1. The number of ether oxygens (including phenoxy) is 2. The average Bonchev–Trinajstić information content (AvgIpc) is 3.32. The van der Waals surface area contributed by atoms with Crippen LogP contribution >= 0.6 is 0 Å². The molecule has 1 saturated heterocycles. The Kier molecular flexibility index (Phi) is 7.41. The number of urea groups is 1. The fraction of sp³-hybridized carbons (Fsp3) is 0.619. The van der Waals surface area contributed by atoms with Crippen molar-refractivity contribution in [1.82, 2.24) is 15.2 Å². The van der Waals surface area contributed by atoms with E-state index in [1.54, 1.807) is 31.7 Å². The van der Waals surface area contributed by atoms with E-state index in [0.29, 0.717) is 13.2 Å². The maximum Gasteiger partial charge on any atom is 0.317 e. The fourth-order valence-corrected chi connectivity index (χ4v) is 4.21. The Morgan fingerprint density at radius 2 is 2.19 bits per heavy atom. The van der Waals surface area contributed by atoms with E-state index in [9.17, 15) is 13.6 Å². The zero-order chi connectivity index (χ0) is 23.4. The van der Waals surface area contributed by atoms with E-state index in [1.165, 1.54) is 4.90 Å². The lowest BCUT2D eigenvalue weighted by Crippen LogP contribution is -2.50. The van der Waals surface area contributed by atoms with Crippen molar-refractivity contribution < 1.29 is 23.0 Å². The molecule has 8 nitrogen and oxygen atoms in total. The van der Waals surface area contributed by atoms with E-state index in [2.05, 4.69) is 40.2 Å². The van der Waals surface area contributed by atoms with Crippen molar-refractivity contribution in [3.8, 4) is 0 Å². The van der Waals surface area contributed by atoms with E-state index < -0.39 is 38.2 Å². The molecule has 2 aliphatic heterocycles. The average molecular weight is 468 g/mol. The van der Waals surface area contributed by atoms with E-state index in [1.807, 2.05) is 6.08 Å². The van der Waals surface area contributed by atoms with Gasteiger partial charge >= 0.3 is 6.03 Å². The van der Waals surface area contributed by atoms with Crippen molar-refractivity contribution in [2.75, 3.05) is 33.5 Å². The smallest absolute Gasteiger partial charge is 0.317 e. The minimum Gasteiger partial charge on any atom is -0.378 e. The number of amides is 2. The van der Waals surface area contributed by atoms with Crippen LogP contribution in [0.1, 0.15) is 11.1 Å². The molecule has 2 unspecified atom stereocenters. The van der Waals surface area contributed by atoms with Gasteiger partial charge in [-0.25, -0.2) is 13.6 Å². The quantitative estimate of drug-likeness (QED) is 0.442. The first-order valence-electron chi connectivity index (χ1n) is 10.6. The van der Waals surface area contributed by atoms with Gasteiger partial charge in [-0.2, -0.15) is 10.2 Å². The molecule has 1 aromatic heterocycles. The predicted octanol–water partition coefficient (Wildman–Crippen LogP) is 3.79. The Hall–Kier alpha value is -2.24. The van der Waals surface area contributed by atoms with Crippen LogP contribution in [0.4, 0.5) is 13.6 Å². The summed E-state index contributed by atoms with van der Waals surface area (Å²) >= 11 is 0. The van der Waals surface area contributed by atoms with Crippen LogP contribution in [-0.4, -0.2) is 69.4 Å². The number of rotatable bonds is 9. The summed E-state index contributed by atoms with van der Waals surface area (Å²) in [6.07, 6.45) is 6.80. The summed E-state index contributed by atoms with van der Waals surface area (Å²) in [6.45, 7) is 7.08. The molecule has 0 spiro atoms. The molecule has 0 bridgehead atoms. The highest BCUT2D eigenvalue weighted by Gasteiger charge is 2.46. The molecule has 0 radical (unpaired) electrons. The Balaban J connectivity index is 1.70. The molecule has 0 aromatic carbocycles. The monoisotopic (exact) mass is 467 g/mol. The molecular formula is C21H31F2N5O3Si. The molecule has 11 heteroatoms. The summed E-state index contributed by atoms with van der Waals surface area (Å²) in [5.41, 5.74) is 0.721. The number of aromatic nitrogens is 1. The zero-order valence-electron chi connectivity index (χ0n) is 19.0. The van der Waals surface area contributed by atoms with E-state index in [4.69, 9.17) is 9.47 Å². The summed E-state index contributed by atoms with van der Waals surface area (Å²) < 4.78 is 38.4. The standard InChI is InChI=1S/C21H31F2N5O3Si/c1-28(19(29)26-18-13-31-15-21(18,22)23)12-16-5-7-24-11-17(16)20(6-8-25-27-20)14-30-9-10-32(2,3)4/h5-8,11,18H,9-10,12-15H2,1-4H3,(H,26,29). The van der Waals surface area contributed by atoms with Gasteiger partial charge in [0.25, 0.3) is 5.92 Å². The molecule has 1 fully saturated rings. The van der Waals surface area contributed by atoms with Gasteiger partial charge in [-0.3, -0.25) is 4.98 Å². The van der Waals surface area contributed by atoms with Crippen LogP contribution in [0.2, 0.25) is 25.7 Å². The lowest BCUT2D eigenvalue weighted by atomic mass is 9.89. The number of carbonyl (C=O) groups excluding carboxylic acids is 1. The molecule has 0 saturated carbocycles. The molecule has 3 heterocycles. The summed E-state index contributed by atoms with van der Waals surface area (Å²) in [5, 5.41) is 10.8. The minimum atomic E-state index is -3.08. The SMILES string of the molecule is CN(Cc1ccncc1C1(COCC[Si](C)(C)C)C=CN=N1)C(=O)NC1COCC1(F)F. The van der Waals surface area contributed by atoms with Crippen LogP contribution in [-0.2, 0) is 21.6 Å². The van der Waals surface area contributed by atoms with Gasteiger partial charge in [0.15, 0.2) is 5.54 Å². The van der Waals surface area contributed by atoms with E-state index in [-0.39, 0.29) is 13.2 Å². The molecule has 0 aliphatic carbocycles. The molecular weight excluding hydrogens is 436 g/mol. The van der Waals surface area contributed by atoms with Crippen molar-refractivity contribution in [3.63, 3.8) is 0 Å².